The number of aromatic nitrogens is 2. The SMILES string of the molecule is Cc1cc(C(=O)Nc2ccc(OCC(F)(F)C(F)F)nc2)no1. The smallest absolute Gasteiger partial charge is 0.340 e. The van der Waals surface area contributed by atoms with Crippen LogP contribution >= 0.6 is 0 Å². The summed E-state index contributed by atoms with van der Waals surface area (Å²) in [4.78, 5) is 15.4. The van der Waals surface area contributed by atoms with Crippen molar-refractivity contribution in [1.29, 1.82) is 0 Å². The molecule has 0 aliphatic rings. The molecular weight excluding hydrogens is 322 g/mol. The van der Waals surface area contributed by atoms with Gasteiger partial charge in [0.2, 0.25) is 5.88 Å². The fraction of sp³-hybridized carbons (Fsp3) is 0.308. The van der Waals surface area contributed by atoms with E-state index in [9.17, 15) is 22.4 Å². The molecule has 0 fully saturated rings. The molecule has 0 atom stereocenters. The number of ether oxygens (including phenoxy) is 1. The van der Waals surface area contributed by atoms with Gasteiger partial charge in [-0.15, -0.1) is 0 Å². The van der Waals surface area contributed by atoms with E-state index in [1.54, 1.807) is 6.92 Å². The second-order valence-corrected chi connectivity index (χ2v) is 4.51. The van der Waals surface area contributed by atoms with E-state index in [0.717, 1.165) is 12.3 Å². The first-order valence-corrected chi connectivity index (χ1v) is 6.27. The second kappa shape index (κ2) is 6.63. The molecule has 0 radical (unpaired) electrons. The number of nitrogens with zero attached hydrogens (tertiary/aromatic N) is 2. The zero-order valence-corrected chi connectivity index (χ0v) is 11.7. The van der Waals surface area contributed by atoms with Gasteiger partial charge in [0.15, 0.2) is 12.3 Å². The predicted octanol–water partition coefficient (Wildman–Crippen LogP) is 2.91. The van der Waals surface area contributed by atoms with Gasteiger partial charge in [-0.25, -0.2) is 13.8 Å². The molecule has 0 spiro atoms. The lowest BCUT2D eigenvalue weighted by Crippen LogP contribution is -2.33. The third-order valence-corrected chi connectivity index (χ3v) is 2.59. The van der Waals surface area contributed by atoms with Crippen molar-refractivity contribution >= 4 is 11.6 Å². The third-order valence-electron chi connectivity index (χ3n) is 2.59. The highest BCUT2D eigenvalue weighted by molar-refractivity contribution is 6.02. The van der Waals surface area contributed by atoms with E-state index in [0.29, 0.717) is 5.76 Å². The second-order valence-electron chi connectivity index (χ2n) is 4.51. The highest BCUT2D eigenvalue weighted by Crippen LogP contribution is 2.24. The van der Waals surface area contributed by atoms with Gasteiger partial charge in [0.1, 0.15) is 5.76 Å². The van der Waals surface area contributed by atoms with Gasteiger partial charge >= 0.3 is 12.3 Å². The van der Waals surface area contributed by atoms with Gasteiger partial charge in [0, 0.05) is 12.1 Å². The molecule has 0 saturated carbocycles. The van der Waals surface area contributed by atoms with Crippen LogP contribution in [0.5, 0.6) is 5.88 Å². The number of rotatable bonds is 6. The third kappa shape index (κ3) is 4.41. The number of carbonyl (C=O) groups excluding carboxylic acids is 1. The maximum absolute atomic E-state index is 12.7. The topological polar surface area (TPSA) is 77.2 Å². The minimum Gasteiger partial charge on any atom is -0.471 e. The summed E-state index contributed by atoms with van der Waals surface area (Å²) in [6.07, 6.45) is -2.70. The lowest BCUT2D eigenvalue weighted by molar-refractivity contribution is -0.148. The number of nitrogens with one attached hydrogen (secondary N) is 1. The lowest BCUT2D eigenvalue weighted by Gasteiger charge is -2.15. The molecular formula is C13H11F4N3O3. The molecule has 0 aromatic carbocycles. The average molecular weight is 333 g/mol. The van der Waals surface area contributed by atoms with Crippen LogP contribution in [0.2, 0.25) is 0 Å². The quantitative estimate of drug-likeness (QED) is 0.823. The van der Waals surface area contributed by atoms with E-state index in [1.165, 1.54) is 12.1 Å². The predicted molar refractivity (Wildman–Crippen MR) is 69.9 cm³/mol. The van der Waals surface area contributed by atoms with Crippen molar-refractivity contribution in [2.75, 3.05) is 11.9 Å². The van der Waals surface area contributed by atoms with Crippen molar-refractivity contribution < 1.29 is 31.6 Å². The van der Waals surface area contributed by atoms with E-state index >= 15 is 0 Å². The van der Waals surface area contributed by atoms with E-state index in [-0.39, 0.29) is 17.3 Å². The summed E-state index contributed by atoms with van der Waals surface area (Å²) in [5.41, 5.74) is 0.294. The average Bonchev–Trinajstić information content (AvgIpc) is 2.93. The van der Waals surface area contributed by atoms with Crippen molar-refractivity contribution in [3.8, 4) is 5.88 Å². The molecule has 1 N–H and O–H groups in total. The fourth-order valence-corrected chi connectivity index (χ4v) is 1.44. The van der Waals surface area contributed by atoms with Crippen molar-refractivity contribution in [1.82, 2.24) is 10.1 Å². The van der Waals surface area contributed by atoms with Crippen LogP contribution in [-0.2, 0) is 0 Å². The highest BCUT2D eigenvalue weighted by Gasteiger charge is 2.41. The van der Waals surface area contributed by atoms with E-state index in [4.69, 9.17) is 4.52 Å². The fourth-order valence-electron chi connectivity index (χ4n) is 1.44. The van der Waals surface area contributed by atoms with Crippen molar-refractivity contribution in [2.45, 2.75) is 19.3 Å². The Bertz CT molecular complexity index is 673. The van der Waals surface area contributed by atoms with Crippen molar-refractivity contribution in [3.63, 3.8) is 0 Å². The van der Waals surface area contributed by atoms with Gasteiger partial charge in [-0.1, -0.05) is 5.16 Å². The first-order chi connectivity index (χ1) is 10.8. The molecule has 0 aliphatic carbocycles. The zero-order chi connectivity index (χ0) is 17.0. The Labute approximate surface area is 127 Å². The first kappa shape index (κ1) is 16.7. The van der Waals surface area contributed by atoms with Gasteiger partial charge in [0.05, 0.1) is 11.9 Å². The molecule has 2 aromatic rings. The molecule has 0 saturated heterocycles. The van der Waals surface area contributed by atoms with Crippen molar-refractivity contribution in [2.24, 2.45) is 0 Å². The van der Waals surface area contributed by atoms with Crippen LogP contribution in [0.15, 0.2) is 28.9 Å². The van der Waals surface area contributed by atoms with Gasteiger partial charge in [-0.3, -0.25) is 4.79 Å². The normalized spacial score (nSPS) is 11.6. The molecule has 23 heavy (non-hydrogen) atoms. The van der Waals surface area contributed by atoms with Crippen LogP contribution in [-0.4, -0.2) is 35.0 Å². The van der Waals surface area contributed by atoms with Gasteiger partial charge < -0.3 is 14.6 Å². The summed E-state index contributed by atoms with van der Waals surface area (Å²) in [7, 11) is 0. The summed E-state index contributed by atoms with van der Waals surface area (Å²) in [5, 5.41) is 5.96. The standard InChI is InChI=1S/C13H11F4N3O3/c1-7-4-9(20-23-7)11(21)19-8-2-3-10(18-5-8)22-6-13(16,17)12(14)15/h2-5,12H,6H2,1H3,(H,19,21). The van der Waals surface area contributed by atoms with E-state index in [1.807, 2.05) is 0 Å². The molecule has 2 rings (SSSR count). The number of amides is 1. The maximum Gasteiger partial charge on any atom is 0.340 e. The lowest BCUT2D eigenvalue weighted by atomic mass is 10.3. The zero-order valence-electron chi connectivity index (χ0n) is 11.7. The number of anilines is 1. The van der Waals surface area contributed by atoms with Crippen molar-refractivity contribution in [3.05, 3.63) is 35.9 Å². The molecule has 124 valence electrons. The molecule has 2 aromatic heterocycles. The summed E-state index contributed by atoms with van der Waals surface area (Å²) in [6, 6.07) is 3.89. The minimum atomic E-state index is -4.26. The Hall–Kier alpha value is -2.65. The minimum absolute atomic E-state index is 0.0550. The Morgan fingerprint density at radius 3 is 2.70 bits per heavy atom. The Morgan fingerprint density at radius 1 is 1.43 bits per heavy atom. The molecule has 0 aliphatic heterocycles. The largest absolute Gasteiger partial charge is 0.471 e. The van der Waals surface area contributed by atoms with Crippen LogP contribution < -0.4 is 10.1 Å². The Kier molecular flexibility index (Phi) is 4.82. The number of hydrogen-bond acceptors (Lipinski definition) is 5. The molecule has 2 heterocycles. The Balaban J connectivity index is 1.93. The number of carbonyl (C=O) groups is 1. The van der Waals surface area contributed by atoms with Crippen LogP contribution in [0.4, 0.5) is 23.2 Å². The highest BCUT2D eigenvalue weighted by atomic mass is 19.3. The molecule has 0 bridgehead atoms. The van der Waals surface area contributed by atoms with Gasteiger partial charge in [-0.05, 0) is 13.0 Å². The number of hydrogen-bond donors (Lipinski definition) is 1. The molecule has 1 amide bonds. The van der Waals surface area contributed by atoms with Crippen LogP contribution in [0.25, 0.3) is 0 Å². The van der Waals surface area contributed by atoms with Crippen LogP contribution in [0.3, 0.4) is 0 Å². The summed E-state index contributed by atoms with van der Waals surface area (Å²) >= 11 is 0. The summed E-state index contributed by atoms with van der Waals surface area (Å²) in [5.74, 6) is -4.64. The van der Waals surface area contributed by atoms with E-state index in [2.05, 4.69) is 20.2 Å². The van der Waals surface area contributed by atoms with E-state index < -0.39 is 24.9 Å². The van der Waals surface area contributed by atoms with Crippen LogP contribution in [0.1, 0.15) is 16.2 Å². The van der Waals surface area contributed by atoms with Gasteiger partial charge in [0.25, 0.3) is 5.91 Å². The number of aryl methyl sites for hydroxylation is 1. The molecule has 0 unspecified atom stereocenters. The molecule has 6 nitrogen and oxygen atoms in total. The summed E-state index contributed by atoms with van der Waals surface area (Å²) < 4.78 is 58.6. The van der Waals surface area contributed by atoms with Crippen LogP contribution in [0, 0.1) is 6.92 Å². The first-order valence-electron chi connectivity index (χ1n) is 6.27. The monoisotopic (exact) mass is 333 g/mol. The molecule has 10 heteroatoms. The Morgan fingerprint density at radius 2 is 2.17 bits per heavy atom. The number of alkyl halides is 4. The maximum atomic E-state index is 12.7. The number of halogens is 4. The van der Waals surface area contributed by atoms with Gasteiger partial charge in [-0.2, -0.15) is 8.78 Å². The summed E-state index contributed by atoms with van der Waals surface area (Å²) in [6.45, 7) is 0.119. The number of pyridine rings is 1.